The monoisotopic (exact) mass is 303 g/mol. The average Bonchev–Trinajstić information content (AvgIpc) is 2.86. The Labute approximate surface area is 115 Å². The molecule has 3 heteroatoms. The van der Waals surface area contributed by atoms with Gasteiger partial charge in [0, 0.05) is 16.5 Å². The zero-order valence-electron chi connectivity index (χ0n) is 9.90. The fourth-order valence-corrected chi connectivity index (χ4v) is 2.91. The molecule has 0 amide bonds. The second kappa shape index (κ2) is 4.75. The number of ether oxygens (including phenoxy) is 1. The van der Waals surface area contributed by atoms with Crippen LogP contribution in [-0.4, -0.2) is 6.61 Å². The van der Waals surface area contributed by atoms with Crippen LogP contribution in [-0.2, 0) is 6.42 Å². The lowest BCUT2D eigenvalue weighted by Gasteiger charge is -2.17. The van der Waals surface area contributed by atoms with E-state index in [2.05, 4.69) is 28.1 Å². The molecule has 92 valence electrons. The second-order valence-corrected chi connectivity index (χ2v) is 5.29. The molecule has 0 radical (unpaired) electrons. The first kappa shape index (κ1) is 11.8. The predicted molar refractivity (Wildman–Crippen MR) is 75.8 cm³/mol. The number of nitrogens with two attached hydrogens (primary N) is 1. The lowest BCUT2D eigenvalue weighted by Crippen LogP contribution is -2.13. The fraction of sp³-hybridized carbons (Fsp3) is 0.200. The van der Waals surface area contributed by atoms with Gasteiger partial charge in [0.2, 0.25) is 0 Å². The van der Waals surface area contributed by atoms with Gasteiger partial charge in [-0.2, -0.15) is 0 Å². The van der Waals surface area contributed by atoms with Gasteiger partial charge >= 0.3 is 0 Å². The highest BCUT2D eigenvalue weighted by atomic mass is 79.9. The zero-order valence-corrected chi connectivity index (χ0v) is 11.5. The van der Waals surface area contributed by atoms with E-state index in [-0.39, 0.29) is 6.04 Å². The van der Waals surface area contributed by atoms with Gasteiger partial charge in [0.25, 0.3) is 0 Å². The Hall–Kier alpha value is -1.32. The summed E-state index contributed by atoms with van der Waals surface area (Å²) in [6, 6.07) is 14.1. The zero-order chi connectivity index (χ0) is 12.5. The SMILES string of the molecule is NC(c1ccccc1Br)c1cccc2c1OCC2. The molecule has 18 heavy (non-hydrogen) atoms. The maximum Gasteiger partial charge on any atom is 0.127 e. The molecule has 1 aliphatic rings. The number of hydrogen-bond donors (Lipinski definition) is 1. The number of rotatable bonds is 2. The fourth-order valence-electron chi connectivity index (χ4n) is 2.38. The van der Waals surface area contributed by atoms with Crippen LogP contribution in [0.1, 0.15) is 22.7 Å². The van der Waals surface area contributed by atoms with Gasteiger partial charge in [-0.05, 0) is 17.2 Å². The van der Waals surface area contributed by atoms with Crippen LogP contribution in [0.25, 0.3) is 0 Å². The van der Waals surface area contributed by atoms with Crippen LogP contribution >= 0.6 is 15.9 Å². The molecule has 0 spiro atoms. The van der Waals surface area contributed by atoms with E-state index in [1.54, 1.807) is 0 Å². The van der Waals surface area contributed by atoms with Gasteiger partial charge in [0.05, 0.1) is 12.6 Å². The molecule has 0 aromatic heterocycles. The van der Waals surface area contributed by atoms with Crippen molar-refractivity contribution in [2.45, 2.75) is 12.5 Å². The second-order valence-electron chi connectivity index (χ2n) is 4.43. The molecule has 2 aromatic rings. The quantitative estimate of drug-likeness (QED) is 0.922. The third-order valence-electron chi connectivity index (χ3n) is 3.32. The van der Waals surface area contributed by atoms with Gasteiger partial charge in [0.1, 0.15) is 5.75 Å². The highest BCUT2D eigenvalue weighted by molar-refractivity contribution is 9.10. The Morgan fingerprint density at radius 1 is 1.06 bits per heavy atom. The molecule has 1 atom stereocenters. The lowest BCUT2D eigenvalue weighted by molar-refractivity contribution is 0.352. The van der Waals surface area contributed by atoms with E-state index in [9.17, 15) is 0 Å². The van der Waals surface area contributed by atoms with E-state index in [0.29, 0.717) is 0 Å². The predicted octanol–water partition coefficient (Wildman–Crippen LogP) is 3.43. The first-order chi connectivity index (χ1) is 8.77. The molecule has 0 saturated carbocycles. The summed E-state index contributed by atoms with van der Waals surface area (Å²) < 4.78 is 6.75. The first-order valence-electron chi connectivity index (χ1n) is 6.02. The van der Waals surface area contributed by atoms with Gasteiger partial charge < -0.3 is 10.5 Å². The molecule has 0 bridgehead atoms. The molecule has 1 unspecified atom stereocenters. The number of para-hydroxylation sites is 1. The number of hydrogen-bond acceptors (Lipinski definition) is 2. The Morgan fingerprint density at radius 2 is 1.83 bits per heavy atom. The first-order valence-corrected chi connectivity index (χ1v) is 6.81. The minimum absolute atomic E-state index is 0.159. The van der Waals surface area contributed by atoms with E-state index < -0.39 is 0 Å². The molecule has 0 aliphatic carbocycles. The Bertz CT molecular complexity index is 582. The van der Waals surface area contributed by atoms with Crippen LogP contribution in [0.5, 0.6) is 5.75 Å². The molecule has 2 N–H and O–H groups in total. The standard InChI is InChI=1S/C15H14BrNO/c16-13-7-2-1-5-11(13)14(17)12-6-3-4-10-8-9-18-15(10)12/h1-7,14H,8-9,17H2. The van der Waals surface area contributed by atoms with Gasteiger partial charge in [-0.1, -0.05) is 52.3 Å². The van der Waals surface area contributed by atoms with Crippen molar-refractivity contribution in [3.8, 4) is 5.75 Å². The molecule has 0 saturated heterocycles. The lowest BCUT2D eigenvalue weighted by atomic mass is 9.97. The van der Waals surface area contributed by atoms with E-state index in [0.717, 1.165) is 34.4 Å². The van der Waals surface area contributed by atoms with Crippen molar-refractivity contribution in [3.63, 3.8) is 0 Å². The largest absolute Gasteiger partial charge is 0.493 e. The molecule has 2 aromatic carbocycles. The van der Waals surface area contributed by atoms with Crippen molar-refractivity contribution in [2.24, 2.45) is 5.73 Å². The van der Waals surface area contributed by atoms with Gasteiger partial charge in [0.15, 0.2) is 0 Å². The van der Waals surface area contributed by atoms with E-state index in [1.165, 1.54) is 5.56 Å². The summed E-state index contributed by atoms with van der Waals surface area (Å²) in [4.78, 5) is 0. The average molecular weight is 304 g/mol. The van der Waals surface area contributed by atoms with Gasteiger partial charge in [-0.3, -0.25) is 0 Å². The molecule has 0 fully saturated rings. The Morgan fingerprint density at radius 3 is 2.67 bits per heavy atom. The maximum absolute atomic E-state index is 6.38. The van der Waals surface area contributed by atoms with Crippen LogP contribution in [0.2, 0.25) is 0 Å². The minimum Gasteiger partial charge on any atom is -0.493 e. The van der Waals surface area contributed by atoms with Gasteiger partial charge in [-0.25, -0.2) is 0 Å². The Kier molecular flexibility index (Phi) is 3.10. The van der Waals surface area contributed by atoms with E-state index in [4.69, 9.17) is 10.5 Å². The molecule has 3 rings (SSSR count). The third kappa shape index (κ3) is 1.93. The summed E-state index contributed by atoms with van der Waals surface area (Å²) >= 11 is 3.55. The van der Waals surface area contributed by atoms with Crippen LogP contribution in [0.3, 0.4) is 0 Å². The summed E-state index contributed by atoms with van der Waals surface area (Å²) in [6.07, 6.45) is 0.978. The van der Waals surface area contributed by atoms with Crippen molar-refractivity contribution >= 4 is 15.9 Å². The molecular weight excluding hydrogens is 290 g/mol. The number of benzene rings is 2. The number of fused-ring (bicyclic) bond motifs is 1. The van der Waals surface area contributed by atoms with Crippen molar-refractivity contribution in [1.29, 1.82) is 0 Å². The summed E-state index contributed by atoms with van der Waals surface area (Å²) in [5.74, 6) is 0.973. The summed E-state index contributed by atoms with van der Waals surface area (Å²) in [6.45, 7) is 0.759. The van der Waals surface area contributed by atoms with Crippen molar-refractivity contribution < 1.29 is 4.74 Å². The van der Waals surface area contributed by atoms with E-state index >= 15 is 0 Å². The van der Waals surface area contributed by atoms with Crippen LogP contribution in [0.15, 0.2) is 46.9 Å². The third-order valence-corrected chi connectivity index (χ3v) is 4.04. The molecule has 1 heterocycles. The maximum atomic E-state index is 6.38. The van der Waals surface area contributed by atoms with Crippen molar-refractivity contribution in [1.82, 2.24) is 0 Å². The topological polar surface area (TPSA) is 35.2 Å². The van der Waals surface area contributed by atoms with Crippen LogP contribution in [0.4, 0.5) is 0 Å². The van der Waals surface area contributed by atoms with Crippen LogP contribution < -0.4 is 10.5 Å². The Balaban J connectivity index is 2.06. The minimum atomic E-state index is -0.159. The van der Waals surface area contributed by atoms with E-state index in [1.807, 2.05) is 30.3 Å². The molecule has 1 aliphatic heterocycles. The molecule has 2 nitrogen and oxygen atoms in total. The normalized spacial score (nSPS) is 15.0. The van der Waals surface area contributed by atoms with Crippen LogP contribution in [0, 0.1) is 0 Å². The highest BCUT2D eigenvalue weighted by Gasteiger charge is 2.21. The van der Waals surface area contributed by atoms with Crippen molar-refractivity contribution in [2.75, 3.05) is 6.61 Å². The van der Waals surface area contributed by atoms with Gasteiger partial charge in [-0.15, -0.1) is 0 Å². The summed E-state index contributed by atoms with van der Waals surface area (Å²) in [5.41, 5.74) is 9.79. The number of halogens is 1. The summed E-state index contributed by atoms with van der Waals surface area (Å²) in [5, 5.41) is 0. The smallest absolute Gasteiger partial charge is 0.127 e. The summed E-state index contributed by atoms with van der Waals surface area (Å²) in [7, 11) is 0. The highest BCUT2D eigenvalue weighted by Crippen LogP contribution is 2.36. The van der Waals surface area contributed by atoms with Crippen molar-refractivity contribution in [3.05, 3.63) is 63.6 Å². The molecular formula is C15H14BrNO.